The summed E-state index contributed by atoms with van der Waals surface area (Å²) in [6, 6.07) is 6.21. The first kappa shape index (κ1) is 17.1. The molecular weight excluding hydrogens is 301 g/mol. The first-order valence-corrected chi connectivity index (χ1v) is 9.06. The first-order chi connectivity index (χ1) is 10.2. The van der Waals surface area contributed by atoms with Gasteiger partial charge in [-0.1, -0.05) is 62.4 Å². The zero-order chi connectivity index (χ0) is 15.2. The minimum Gasteiger partial charge on any atom is -0.317 e. The average Bonchev–Trinajstić information content (AvgIpc) is 2.49. The second kappa shape index (κ2) is 8.41. The fourth-order valence-corrected chi connectivity index (χ4v) is 4.02. The molecule has 0 bridgehead atoms. The van der Waals surface area contributed by atoms with Crippen LogP contribution in [0.1, 0.15) is 57.4 Å². The second-order valence-corrected chi connectivity index (χ2v) is 7.13. The predicted molar refractivity (Wildman–Crippen MR) is 93.5 cm³/mol. The van der Waals surface area contributed by atoms with E-state index in [1.807, 2.05) is 6.07 Å². The van der Waals surface area contributed by atoms with E-state index in [0.29, 0.717) is 16.0 Å². The summed E-state index contributed by atoms with van der Waals surface area (Å²) < 4.78 is 0. The lowest BCUT2D eigenvalue weighted by atomic mass is 9.70. The largest absolute Gasteiger partial charge is 0.317 e. The monoisotopic (exact) mass is 327 g/mol. The Bertz CT molecular complexity index is 447. The highest BCUT2D eigenvalue weighted by molar-refractivity contribution is 6.42. The van der Waals surface area contributed by atoms with Gasteiger partial charge < -0.3 is 5.32 Å². The van der Waals surface area contributed by atoms with Crippen LogP contribution in [0.25, 0.3) is 0 Å². The summed E-state index contributed by atoms with van der Waals surface area (Å²) in [5.74, 6) is 2.20. The average molecular weight is 328 g/mol. The van der Waals surface area contributed by atoms with Gasteiger partial charge in [0.15, 0.2) is 0 Å². The van der Waals surface area contributed by atoms with Crippen molar-refractivity contribution in [2.24, 2.45) is 11.8 Å². The van der Waals surface area contributed by atoms with Crippen LogP contribution in [-0.4, -0.2) is 13.1 Å². The van der Waals surface area contributed by atoms with E-state index in [1.165, 1.54) is 37.7 Å². The maximum atomic E-state index is 6.24. The lowest BCUT2D eigenvalue weighted by Gasteiger charge is -2.37. The number of benzene rings is 1. The minimum absolute atomic E-state index is 0.615. The molecule has 118 valence electrons. The third kappa shape index (κ3) is 4.61. The van der Waals surface area contributed by atoms with Crippen molar-refractivity contribution in [3.63, 3.8) is 0 Å². The molecule has 0 aliphatic heterocycles. The molecule has 3 heteroatoms. The summed E-state index contributed by atoms with van der Waals surface area (Å²) in [7, 11) is 0. The summed E-state index contributed by atoms with van der Waals surface area (Å²) >= 11 is 12.3. The fourth-order valence-electron chi connectivity index (χ4n) is 3.72. The topological polar surface area (TPSA) is 12.0 Å². The van der Waals surface area contributed by atoms with Crippen LogP contribution in [0.5, 0.6) is 0 Å². The SMILES string of the molecule is CCCC1CCC(CNCC)C(c2ccc(Cl)c(Cl)c2)C1. The molecule has 0 radical (unpaired) electrons. The molecule has 1 fully saturated rings. The highest BCUT2D eigenvalue weighted by atomic mass is 35.5. The Morgan fingerprint density at radius 1 is 1.14 bits per heavy atom. The predicted octanol–water partition coefficient (Wildman–Crippen LogP) is 5.90. The molecule has 0 aromatic heterocycles. The zero-order valence-electron chi connectivity index (χ0n) is 13.2. The van der Waals surface area contributed by atoms with E-state index < -0.39 is 0 Å². The molecule has 1 nitrogen and oxygen atoms in total. The molecule has 1 N–H and O–H groups in total. The van der Waals surface area contributed by atoms with Gasteiger partial charge in [0.25, 0.3) is 0 Å². The van der Waals surface area contributed by atoms with Crippen molar-refractivity contribution in [2.75, 3.05) is 13.1 Å². The molecule has 0 spiro atoms. The summed E-state index contributed by atoms with van der Waals surface area (Å²) in [6.07, 6.45) is 6.63. The maximum absolute atomic E-state index is 6.24. The second-order valence-electron chi connectivity index (χ2n) is 6.32. The van der Waals surface area contributed by atoms with Gasteiger partial charge in [-0.3, -0.25) is 0 Å². The Balaban J connectivity index is 2.16. The van der Waals surface area contributed by atoms with Crippen molar-refractivity contribution in [3.05, 3.63) is 33.8 Å². The highest BCUT2D eigenvalue weighted by Crippen LogP contribution is 2.43. The van der Waals surface area contributed by atoms with E-state index in [-0.39, 0.29) is 0 Å². The quantitative estimate of drug-likeness (QED) is 0.685. The number of hydrogen-bond donors (Lipinski definition) is 1. The van der Waals surface area contributed by atoms with E-state index in [2.05, 4.69) is 31.3 Å². The Morgan fingerprint density at radius 3 is 2.62 bits per heavy atom. The van der Waals surface area contributed by atoms with Crippen molar-refractivity contribution >= 4 is 23.2 Å². The molecule has 1 aliphatic rings. The molecular formula is C18H27Cl2N. The normalized spacial score (nSPS) is 26.0. The van der Waals surface area contributed by atoms with Gasteiger partial charge in [-0.05, 0) is 61.4 Å². The van der Waals surface area contributed by atoms with Crippen LogP contribution in [0.4, 0.5) is 0 Å². The van der Waals surface area contributed by atoms with Crippen LogP contribution in [0.15, 0.2) is 18.2 Å². The first-order valence-electron chi connectivity index (χ1n) is 8.31. The molecule has 3 atom stereocenters. The van der Waals surface area contributed by atoms with Gasteiger partial charge in [-0.15, -0.1) is 0 Å². The van der Waals surface area contributed by atoms with Gasteiger partial charge in [0.2, 0.25) is 0 Å². The van der Waals surface area contributed by atoms with Gasteiger partial charge in [0, 0.05) is 0 Å². The van der Waals surface area contributed by atoms with Gasteiger partial charge in [-0.25, -0.2) is 0 Å². The lowest BCUT2D eigenvalue weighted by molar-refractivity contribution is 0.221. The van der Waals surface area contributed by atoms with E-state index in [9.17, 15) is 0 Å². The van der Waals surface area contributed by atoms with Crippen molar-refractivity contribution in [2.45, 2.75) is 51.9 Å². The number of nitrogens with one attached hydrogen (secondary N) is 1. The number of halogens is 2. The van der Waals surface area contributed by atoms with Crippen LogP contribution >= 0.6 is 23.2 Å². The Hall–Kier alpha value is -0.240. The molecule has 1 saturated carbocycles. The number of hydrogen-bond acceptors (Lipinski definition) is 1. The molecule has 21 heavy (non-hydrogen) atoms. The Morgan fingerprint density at radius 2 is 1.95 bits per heavy atom. The van der Waals surface area contributed by atoms with Crippen molar-refractivity contribution in [1.82, 2.24) is 5.32 Å². The standard InChI is InChI=1S/C18H27Cl2N/c1-3-5-13-6-7-15(12-21-4-2)16(10-13)14-8-9-17(19)18(20)11-14/h8-9,11,13,15-16,21H,3-7,10,12H2,1-2H3. The van der Waals surface area contributed by atoms with E-state index in [4.69, 9.17) is 23.2 Å². The molecule has 3 unspecified atom stereocenters. The Labute approximate surface area is 139 Å². The third-order valence-electron chi connectivity index (χ3n) is 4.83. The summed E-state index contributed by atoms with van der Waals surface area (Å²) in [6.45, 7) is 6.62. The lowest BCUT2D eigenvalue weighted by Crippen LogP contribution is -2.32. The van der Waals surface area contributed by atoms with Gasteiger partial charge in [0.05, 0.1) is 10.0 Å². The fraction of sp³-hybridized carbons (Fsp3) is 0.667. The summed E-state index contributed by atoms with van der Waals surface area (Å²) in [5.41, 5.74) is 1.37. The number of rotatable bonds is 6. The summed E-state index contributed by atoms with van der Waals surface area (Å²) in [5, 5.41) is 4.88. The molecule has 1 aliphatic carbocycles. The van der Waals surface area contributed by atoms with Crippen molar-refractivity contribution < 1.29 is 0 Å². The minimum atomic E-state index is 0.615. The van der Waals surface area contributed by atoms with Gasteiger partial charge in [-0.2, -0.15) is 0 Å². The Kier molecular flexibility index (Phi) is 6.85. The van der Waals surface area contributed by atoms with Crippen LogP contribution in [0.2, 0.25) is 10.0 Å². The third-order valence-corrected chi connectivity index (χ3v) is 5.57. The van der Waals surface area contributed by atoms with E-state index in [0.717, 1.165) is 24.9 Å². The van der Waals surface area contributed by atoms with E-state index >= 15 is 0 Å². The highest BCUT2D eigenvalue weighted by Gasteiger charge is 2.31. The van der Waals surface area contributed by atoms with Crippen molar-refractivity contribution in [1.29, 1.82) is 0 Å². The molecule has 1 aromatic carbocycles. The molecule has 0 amide bonds. The van der Waals surface area contributed by atoms with Gasteiger partial charge in [0.1, 0.15) is 0 Å². The molecule has 0 saturated heterocycles. The zero-order valence-corrected chi connectivity index (χ0v) is 14.7. The summed E-state index contributed by atoms with van der Waals surface area (Å²) in [4.78, 5) is 0. The smallest absolute Gasteiger partial charge is 0.0595 e. The van der Waals surface area contributed by atoms with Crippen LogP contribution < -0.4 is 5.32 Å². The maximum Gasteiger partial charge on any atom is 0.0595 e. The molecule has 1 aromatic rings. The van der Waals surface area contributed by atoms with E-state index in [1.54, 1.807) is 0 Å². The van der Waals surface area contributed by atoms with Crippen LogP contribution in [0.3, 0.4) is 0 Å². The van der Waals surface area contributed by atoms with Gasteiger partial charge >= 0.3 is 0 Å². The molecule has 2 rings (SSSR count). The molecule has 0 heterocycles. The van der Waals surface area contributed by atoms with Crippen LogP contribution in [-0.2, 0) is 0 Å². The van der Waals surface area contributed by atoms with Crippen LogP contribution in [0, 0.1) is 11.8 Å². The van der Waals surface area contributed by atoms with Crippen molar-refractivity contribution in [3.8, 4) is 0 Å².